The van der Waals surface area contributed by atoms with E-state index >= 15 is 0 Å². The number of likely N-dealkylation sites (tertiary alicyclic amines) is 2. The predicted octanol–water partition coefficient (Wildman–Crippen LogP) is 5.15. The summed E-state index contributed by atoms with van der Waals surface area (Å²) in [5, 5.41) is 7.88. The highest BCUT2D eigenvalue weighted by atomic mass is 35.5. The highest BCUT2D eigenvalue weighted by molar-refractivity contribution is 6.30. The Hall–Kier alpha value is -2.74. The molecule has 3 aromatic rings. The van der Waals surface area contributed by atoms with E-state index in [0.717, 1.165) is 49.5 Å². The fraction of sp³-hybridized carbons (Fsp3) is 0.483. The molecule has 7 nitrogen and oxygen atoms in total. The number of hydrogen-bond donors (Lipinski definition) is 1. The molecule has 1 aromatic heterocycles. The Labute approximate surface area is 224 Å². The third-order valence-corrected chi connectivity index (χ3v) is 7.88. The number of rotatable bonds is 8. The summed E-state index contributed by atoms with van der Waals surface area (Å²) in [5.41, 5.74) is 3.33. The molecule has 1 N–H and O–H groups in total. The van der Waals surface area contributed by atoms with Crippen LogP contribution in [0.3, 0.4) is 0 Å². The molecule has 0 bridgehead atoms. The summed E-state index contributed by atoms with van der Waals surface area (Å²) in [6, 6.07) is 16.1. The van der Waals surface area contributed by atoms with Crippen molar-refractivity contribution in [3.05, 3.63) is 70.6 Å². The van der Waals surface area contributed by atoms with Crippen LogP contribution in [0.25, 0.3) is 11.4 Å². The third-order valence-electron chi connectivity index (χ3n) is 7.64. The molecule has 5 rings (SSSR count). The summed E-state index contributed by atoms with van der Waals surface area (Å²) in [6.45, 7) is 8.57. The molecule has 2 aliphatic rings. The molecule has 2 fully saturated rings. The van der Waals surface area contributed by atoms with Crippen molar-refractivity contribution < 1.29 is 9.32 Å². The average Bonchev–Trinajstić information content (AvgIpc) is 3.38. The summed E-state index contributed by atoms with van der Waals surface area (Å²) < 4.78 is 5.45. The van der Waals surface area contributed by atoms with Gasteiger partial charge in [-0.25, -0.2) is 0 Å². The van der Waals surface area contributed by atoms with Crippen LogP contribution in [0.4, 0.5) is 0 Å². The quantitative estimate of drug-likeness (QED) is 0.442. The summed E-state index contributed by atoms with van der Waals surface area (Å²) >= 11 is 6.07. The molecule has 0 unspecified atom stereocenters. The van der Waals surface area contributed by atoms with Crippen molar-refractivity contribution in [2.75, 3.05) is 26.2 Å². The van der Waals surface area contributed by atoms with Crippen LogP contribution >= 0.6 is 11.6 Å². The molecule has 8 heteroatoms. The molecule has 0 radical (unpaired) electrons. The minimum absolute atomic E-state index is 0.0433. The van der Waals surface area contributed by atoms with Crippen molar-refractivity contribution in [3.8, 4) is 11.4 Å². The Morgan fingerprint density at radius 1 is 0.973 bits per heavy atom. The van der Waals surface area contributed by atoms with E-state index in [1.807, 2.05) is 24.3 Å². The second kappa shape index (κ2) is 12.2. The van der Waals surface area contributed by atoms with Gasteiger partial charge in [-0.05, 0) is 81.0 Å². The maximum atomic E-state index is 12.8. The van der Waals surface area contributed by atoms with E-state index in [2.05, 4.69) is 56.4 Å². The highest BCUT2D eigenvalue weighted by Gasteiger charge is 2.26. The molecule has 37 heavy (non-hydrogen) atoms. The second-order valence-corrected chi connectivity index (χ2v) is 11.0. The zero-order valence-electron chi connectivity index (χ0n) is 21.5. The molecule has 0 atom stereocenters. The molecule has 0 spiro atoms. The zero-order valence-corrected chi connectivity index (χ0v) is 22.3. The minimum Gasteiger partial charge on any atom is -0.352 e. The first kappa shape index (κ1) is 25.9. The number of aromatic nitrogens is 2. The third kappa shape index (κ3) is 7.18. The SMILES string of the molecule is CC1CCN(Cc2ccc(CNC(=O)C3CCN(Cc4nc(-c5cccc(Cl)c5)no4)CC3)cc2)CC1. The van der Waals surface area contributed by atoms with Crippen LogP contribution in [0.5, 0.6) is 0 Å². The second-order valence-electron chi connectivity index (χ2n) is 10.6. The molecule has 1 amide bonds. The van der Waals surface area contributed by atoms with Crippen LogP contribution in [0.1, 0.15) is 49.6 Å². The predicted molar refractivity (Wildman–Crippen MR) is 145 cm³/mol. The minimum atomic E-state index is 0.0433. The largest absolute Gasteiger partial charge is 0.352 e. The van der Waals surface area contributed by atoms with E-state index in [4.69, 9.17) is 16.1 Å². The Morgan fingerprint density at radius 2 is 1.65 bits per heavy atom. The van der Waals surface area contributed by atoms with Crippen LogP contribution < -0.4 is 5.32 Å². The van der Waals surface area contributed by atoms with E-state index in [1.165, 1.54) is 31.5 Å². The number of amides is 1. The molecule has 2 saturated heterocycles. The van der Waals surface area contributed by atoms with E-state index in [0.29, 0.717) is 29.8 Å². The van der Waals surface area contributed by atoms with Gasteiger partial charge in [-0.3, -0.25) is 14.6 Å². The summed E-state index contributed by atoms with van der Waals surface area (Å²) in [6.07, 6.45) is 4.25. The lowest BCUT2D eigenvalue weighted by molar-refractivity contribution is -0.126. The molecule has 3 heterocycles. The molecular weight excluding hydrogens is 486 g/mol. The van der Waals surface area contributed by atoms with Gasteiger partial charge in [0.15, 0.2) is 0 Å². The number of nitrogens with one attached hydrogen (secondary N) is 1. The number of halogens is 1. The van der Waals surface area contributed by atoms with Gasteiger partial charge >= 0.3 is 0 Å². The van der Waals surface area contributed by atoms with Gasteiger partial charge in [0, 0.05) is 29.6 Å². The number of nitrogens with zero attached hydrogens (tertiary/aromatic N) is 4. The lowest BCUT2D eigenvalue weighted by Gasteiger charge is -2.30. The Balaban J connectivity index is 1.03. The Morgan fingerprint density at radius 3 is 2.38 bits per heavy atom. The van der Waals surface area contributed by atoms with Crippen molar-refractivity contribution in [2.45, 2.75) is 52.2 Å². The van der Waals surface area contributed by atoms with Gasteiger partial charge in [-0.2, -0.15) is 4.98 Å². The maximum absolute atomic E-state index is 12.8. The normalized spacial score (nSPS) is 18.2. The van der Waals surface area contributed by atoms with E-state index in [1.54, 1.807) is 0 Å². The van der Waals surface area contributed by atoms with Crippen molar-refractivity contribution in [2.24, 2.45) is 11.8 Å². The smallest absolute Gasteiger partial charge is 0.241 e. The van der Waals surface area contributed by atoms with E-state index in [9.17, 15) is 4.79 Å². The van der Waals surface area contributed by atoms with Crippen LogP contribution in [0.15, 0.2) is 53.1 Å². The van der Waals surface area contributed by atoms with E-state index in [-0.39, 0.29) is 11.8 Å². The number of benzene rings is 2. The molecule has 196 valence electrons. The van der Waals surface area contributed by atoms with Crippen molar-refractivity contribution in [1.29, 1.82) is 0 Å². The highest BCUT2D eigenvalue weighted by Crippen LogP contribution is 2.23. The van der Waals surface area contributed by atoms with Crippen molar-refractivity contribution in [3.63, 3.8) is 0 Å². The zero-order chi connectivity index (χ0) is 25.6. The van der Waals surface area contributed by atoms with E-state index < -0.39 is 0 Å². The summed E-state index contributed by atoms with van der Waals surface area (Å²) in [4.78, 5) is 22.1. The van der Waals surface area contributed by atoms with Gasteiger partial charge in [0.2, 0.25) is 17.6 Å². The number of piperidine rings is 2. The molecule has 2 aliphatic heterocycles. The van der Waals surface area contributed by atoms with Crippen LogP contribution in [0.2, 0.25) is 5.02 Å². The fourth-order valence-corrected chi connectivity index (χ4v) is 5.37. The average molecular weight is 522 g/mol. The van der Waals surface area contributed by atoms with Gasteiger partial charge in [0.1, 0.15) is 0 Å². The lowest BCUT2D eigenvalue weighted by atomic mass is 9.96. The van der Waals surface area contributed by atoms with Crippen LogP contribution in [-0.2, 0) is 24.4 Å². The molecule has 0 aliphatic carbocycles. The summed E-state index contributed by atoms with van der Waals surface area (Å²) in [7, 11) is 0. The topological polar surface area (TPSA) is 74.5 Å². The first-order chi connectivity index (χ1) is 18.0. The fourth-order valence-electron chi connectivity index (χ4n) is 5.18. The van der Waals surface area contributed by atoms with Gasteiger partial charge in [0.25, 0.3) is 0 Å². The molecular formula is C29H36ClN5O2. The van der Waals surface area contributed by atoms with Crippen LogP contribution in [-0.4, -0.2) is 52.0 Å². The van der Waals surface area contributed by atoms with Crippen LogP contribution in [0, 0.1) is 11.8 Å². The maximum Gasteiger partial charge on any atom is 0.241 e. The van der Waals surface area contributed by atoms with Crippen molar-refractivity contribution in [1.82, 2.24) is 25.3 Å². The first-order valence-corrected chi connectivity index (χ1v) is 13.8. The molecule has 2 aromatic carbocycles. The van der Waals surface area contributed by atoms with Gasteiger partial charge in [-0.1, -0.05) is 60.1 Å². The van der Waals surface area contributed by atoms with Gasteiger partial charge in [-0.15, -0.1) is 0 Å². The van der Waals surface area contributed by atoms with Gasteiger partial charge in [0.05, 0.1) is 6.54 Å². The standard InChI is InChI=1S/C29H36ClN5O2/c1-21-9-13-34(14-10-21)19-23-7-5-22(6-8-23)18-31-29(36)24-11-15-35(16-12-24)20-27-32-28(33-37-27)25-3-2-4-26(30)17-25/h2-8,17,21,24H,9-16,18-20H2,1H3,(H,31,36). The monoisotopic (exact) mass is 521 g/mol. The first-order valence-electron chi connectivity index (χ1n) is 13.4. The Kier molecular flexibility index (Phi) is 8.54. The van der Waals surface area contributed by atoms with Crippen molar-refractivity contribution >= 4 is 17.5 Å². The van der Waals surface area contributed by atoms with Gasteiger partial charge < -0.3 is 9.84 Å². The Bertz CT molecular complexity index is 1170. The number of carbonyl (C=O) groups is 1. The number of hydrogen-bond acceptors (Lipinski definition) is 6. The molecule has 0 saturated carbocycles. The lowest BCUT2D eigenvalue weighted by Crippen LogP contribution is -2.40. The summed E-state index contributed by atoms with van der Waals surface area (Å²) in [5.74, 6) is 2.17. The number of carbonyl (C=O) groups excluding carboxylic acids is 1.